The lowest BCUT2D eigenvalue weighted by Gasteiger charge is -2.07. The molecule has 1 aromatic rings. The summed E-state index contributed by atoms with van der Waals surface area (Å²) in [5.74, 6) is 1.26. The molecule has 0 bridgehead atoms. The zero-order chi connectivity index (χ0) is 12.1. The van der Waals surface area contributed by atoms with Gasteiger partial charge >= 0.3 is 0 Å². The van der Waals surface area contributed by atoms with Crippen LogP contribution in [0.2, 0.25) is 0 Å². The second-order valence-electron chi connectivity index (χ2n) is 3.22. The van der Waals surface area contributed by atoms with E-state index in [9.17, 15) is 4.79 Å². The van der Waals surface area contributed by atoms with Crippen molar-refractivity contribution in [3.63, 3.8) is 0 Å². The van der Waals surface area contributed by atoms with Crippen LogP contribution in [0.3, 0.4) is 0 Å². The largest absolute Gasteiger partial charge is 0.493 e. The molecule has 4 heteroatoms. The molecule has 0 unspecified atom stereocenters. The van der Waals surface area contributed by atoms with E-state index >= 15 is 0 Å². The summed E-state index contributed by atoms with van der Waals surface area (Å²) in [4.78, 5) is 10.9. The van der Waals surface area contributed by atoms with Gasteiger partial charge in [0.15, 0.2) is 11.5 Å². The van der Waals surface area contributed by atoms with Gasteiger partial charge in [-0.2, -0.15) is 0 Å². The van der Waals surface area contributed by atoms with Crippen molar-refractivity contribution >= 4 is 22.9 Å². The fourth-order valence-electron chi connectivity index (χ4n) is 1.25. The first-order valence-electron chi connectivity index (χ1n) is 4.68. The Morgan fingerprint density at radius 1 is 1.25 bits per heavy atom. The Labute approximate surface area is 99.6 Å². The molecule has 0 atom stereocenters. The van der Waals surface area contributed by atoms with Crippen molar-refractivity contribution in [3.05, 3.63) is 29.3 Å². The van der Waals surface area contributed by atoms with E-state index in [1.807, 2.05) is 6.07 Å². The molecule has 1 rings (SSSR count). The number of hydrogen-bond donors (Lipinski definition) is 0. The third-order valence-corrected chi connectivity index (χ3v) is 2.40. The van der Waals surface area contributed by atoms with Crippen molar-refractivity contribution in [3.8, 4) is 11.5 Å². The molecule has 0 spiro atoms. The molecular formula is C12H13ClO3. The van der Waals surface area contributed by atoms with Gasteiger partial charge in [0.25, 0.3) is 0 Å². The van der Waals surface area contributed by atoms with E-state index in [1.165, 1.54) is 0 Å². The van der Waals surface area contributed by atoms with E-state index in [0.717, 1.165) is 5.56 Å². The average Bonchev–Trinajstić information content (AvgIpc) is 2.28. The smallest absolute Gasteiger partial charge is 0.248 e. The van der Waals surface area contributed by atoms with Crippen LogP contribution < -0.4 is 9.47 Å². The maximum Gasteiger partial charge on any atom is 0.248 e. The molecular weight excluding hydrogens is 228 g/mol. The molecule has 0 fully saturated rings. The number of hydrogen-bond acceptors (Lipinski definition) is 3. The van der Waals surface area contributed by atoms with Gasteiger partial charge in [-0.25, -0.2) is 0 Å². The maximum atomic E-state index is 10.9. The predicted molar refractivity (Wildman–Crippen MR) is 64.1 cm³/mol. The SMILES string of the molecule is COc1ccc(C=C(C)C(=O)Cl)cc1OC. The molecule has 0 aromatic heterocycles. The van der Waals surface area contributed by atoms with Crippen LogP contribution >= 0.6 is 11.6 Å². The molecule has 0 N–H and O–H groups in total. The first kappa shape index (κ1) is 12.6. The molecule has 16 heavy (non-hydrogen) atoms. The van der Waals surface area contributed by atoms with Gasteiger partial charge in [0.2, 0.25) is 5.24 Å². The van der Waals surface area contributed by atoms with Crippen molar-refractivity contribution in [1.82, 2.24) is 0 Å². The molecule has 0 saturated heterocycles. The number of allylic oxidation sites excluding steroid dienone is 1. The van der Waals surface area contributed by atoms with Crippen LogP contribution in [-0.4, -0.2) is 19.5 Å². The lowest BCUT2D eigenvalue weighted by atomic mass is 10.1. The standard InChI is InChI=1S/C12H13ClO3/c1-8(12(13)14)6-9-4-5-10(15-2)11(7-9)16-3/h4-7H,1-3H3. The van der Waals surface area contributed by atoms with Crippen molar-refractivity contribution in [1.29, 1.82) is 0 Å². The summed E-state index contributed by atoms with van der Waals surface area (Å²) in [7, 11) is 3.13. The molecule has 0 amide bonds. The van der Waals surface area contributed by atoms with Gasteiger partial charge in [0.1, 0.15) is 0 Å². The van der Waals surface area contributed by atoms with Crippen LogP contribution in [0.15, 0.2) is 23.8 Å². The van der Waals surface area contributed by atoms with Crippen molar-refractivity contribution in [2.24, 2.45) is 0 Å². The van der Waals surface area contributed by atoms with Crippen LogP contribution in [0, 0.1) is 0 Å². The molecule has 0 aliphatic rings. The van der Waals surface area contributed by atoms with Gasteiger partial charge in [0.05, 0.1) is 14.2 Å². The summed E-state index contributed by atoms with van der Waals surface area (Å²) in [6.45, 7) is 1.66. The number of halogens is 1. The summed E-state index contributed by atoms with van der Waals surface area (Å²) in [6.07, 6.45) is 1.69. The van der Waals surface area contributed by atoms with Crippen molar-refractivity contribution < 1.29 is 14.3 Å². The third-order valence-electron chi connectivity index (χ3n) is 2.10. The molecule has 0 heterocycles. The summed E-state index contributed by atoms with van der Waals surface area (Å²) < 4.78 is 10.3. The topological polar surface area (TPSA) is 35.5 Å². The molecule has 3 nitrogen and oxygen atoms in total. The molecule has 0 aliphatic heterocycles. The average molecular weight is 241 g/mol. The summed E-state index contributed by atoms with van der Waals surface area (Å²) in [6, 6.07) is 5.38. The van der Waals surface area contributed by atoms with Crippen LogP contribution in [-0.2, 0) is 4.79 Å². The highest BCUT2D eigenvalue weighted by molar-refractivity contribution is 6.68. The summed E-state index contributed by atoms with van der Waals surface area (Å²) in [5.41, 5.74) is 1.32. The van der Waals surface area contributed by atoms with Gasteiger partial charge in [-0.1, -0.05) is 6.07 Å². The van der Waals surface area contributed by atoms with Crippen LogP contribution in [0.25, 0.3) is 6.08 Å². The number of benzene rings is 1. The minimum absolute atomic E-state index is 0.463. The summed E-state index contributed by atoms with van der Waals surface area (Å²) >= 11 is 5.35. The zero-order valence-electron chi connectivity index (χ0n) is 9.41. The molecule has 0 radical (unpaired) electrons. The lowest BCUT2D eigenvalue weighted by Crippen LogP contribution is -1.91. The van der Waals surface area contributed by atoms with Crippen LogP contribution in [0.5, 0.6) is 11.5 Å². The number of ether oxygens (including phenoxy) is 2. The number of carbonyl (C=O) groups is 1. The van der Waals surface area contributed by atoms with Crippen LogP contribution in [0.1, 0.15) is 12.5 Å². The first-order valence-corrected chi connectivity index (χ1v) is 5.06. The van der Waals surface area contributed by atoms with Gasteiger partial charge in [-0.05, 0) is 42.3 Å². The van der Waals surface area contributed by atoms with Gasteiger partial charge in [-0.15, -0.1) is 0 Å². The Bertz CT molecular complexity index is 424. The van der Waals surface area contributed by atoms with Gasteiger partial charge in [-0.3, -0.25) is 4.79 Å². The number of rotatable bonds is 4. The van der Waals surface area contributed by atoms with E-state index in [0.29, 0.717) is 17.1 Å². The minimum Gasteiger partial charge on any atom is -0.493 e. The fraction of sp³-hybridized carbons (Fsp3) is 0.250. The highest BCUT2D eigenvalue weighted by atomic mass is 35.5. The van der Waals surface area contributed by atoms with E-state index in [1.54, 1.807) is 39.4 Å². The number of methoxy groups -OCH3 is 2. The van der Waals surface area contributed by atoms with Gasteiger partial charge in [0, 0.05) is 5.57 Å². The van der Waals surface area contributed by atoms with E-state index in [-0.39, 0.29) is 0 Å². The maximum absolute atomic E-state index is 10.9. The highest BCUT2D eigenvalue weighted by Gasteiger charge is 2.04. The third kappa shape index (κ3) is 3.00. The first-order chi connectivity index (χ1) is 7.58. The van der Waals surface area contributed by atoms with Crippen molar-refractivity contribution in [2.45, 2.75) is 6.92 Å². The molecule has 1 aromatic carbocycles. The predicted octanol–water partition coefficient (Wildman–Crippen LogP) is 2.87. The van der Waals surface area contributed by atoms with E-state index in [2.05, 4.69) is 0 Å². The van der Waals surface area contributed by atoms with Crippen LogP contribution in [0.4, 0.5) is 0 Å². The minimum atomic E-state index is -0.463. The lowest BCUT2D eigenvalue weighted by molar-refractivity contribution is -0.108. The van der Waals surface area contributed by atoms with Gasteiger partial charge < -0.3 is 9.47 Å². The Hall–Kier alpha value is -1.48. The molecule has 86 valence electrons. The normalized spacial score (nSPS) is 11.1. The Balaban J connectivity index is 3.09. The Kier molecular flexibility index (Phi) is 4.38. The van der Waals surface area contributed by atoms with E-state index < -0.39 is 5.24 Å². The number of carbonyl (C=O) groups excluding carboxylic acids is 1. The van der Waals surface area contributed by atoms with Crippen molar-refractivity contribution in [2.75, 3.05) is 14.2 Å². The quantitative estimate of drug-likeness (QED) is 0.600. The Morgan fingerprint density at radius 3 is 2.38 bits per heavy atom. The molecule has 0 saturated carbocycles. The Morgan fingerprint density at radius 2 is 1.88 bits per heavy atom. The summed E-state index contributed by atoms with van der Waals surface area (Å²) in [5, 5.41) is -0.463. The molecule has 0 aliphatic carbocycles. The second-order valence-corrected chi connectivity index (χ2v) is 3.56. The zero-order valence-corrected chi connectivity index (χ0v) is 10.2. The monoisotopic (exact) mass is 240 g/mol. The second kappa shape index (κ2) is 5.56. The van der Waals surface area contributed by atoms with E-state index in [4.69, 9.17) is 21.1 Å². The highest BCUT2D eigenvalue weighted by Crippen LogP contribution is 2.28. The fourth-order valence-corrected chi connectivity index (χ4v) is 1.30.